The van der Waals surface area contributed by atoms with Gasteiger partial charge in [0.25, 0.3) is 0 Å². The van der Waals surface area contributed by atoms with Gasteiger partial charge in [0.2, 0.25) is 0 Å². The summed E-state index contributed by atoms with van der Waals surface area (Å²) in [6.07, 6.45) is 1.80. The van der Waals surface area contributed by atoms with Crippen molar-refractivity contribution in [1.29, 1.82) is 0 Å². The number of pyridine rings is 1. The molecule has 0 spiro atoms. The van der Waals surface area contributed by atoms with Gasteiger partial charge < -0.3 is 0 Å². The molecule has 1 rings (SSSR count). The monoisotopic (exact) mass is 203 g/mol. The summed E-state index contributed by atoms with van der Waals surface area (Å²) in [6.45, 7) is 7.93. The zero-order chi connectivity index (χ0) is 11.3. The molecule has 0 radical (unpaired) electrons. The molecule has 0 fully saturated rings. The summed E-state index contributed by atoms with van der Waals surface area (Å²) in [6, 6.07) is 5.91. The lowest BCUT2D eigenvalue weighted by Crippen LogP contribution is -2.06. The standard InChI is InChI=1S/C12H17N3/c1-9(2)14-15-11(4)10(3)12-7-5-6-8-13-12/h5-8,10H,1-4H3/b15-11+. The van der Waals surface area contributed by atoms with Crippen molar-refractivity contribution in [1.82, 2.24) is 4.98 Å². The molecule has 0 bridgehead atoms. The van der Waals surface area contributed by atoms with Gasteiger partial charge in [-0.25, -0.2) is 0 Å². The minimum absolute atomic E-state index is 0.217. The van der Waals surface area contributed by atoms with Crippen molar-refractivity contribution in [2.24, 2.45) is 10.2 Å². The fourth-order valence-corrected chi connectivity index (χ4v) is 1.11. The van der Waals surface area contributed by atoms with E-state index < -0.39 is 0 Å². The first-order valence-electron chi connectivity index (χ1n) is 5.07. The lowest BCUT2D eigenvalue weighted by atomic mass is 10.0. The molecule has 0 saturated heterocycles. The second-order valence-corrected chi connectivity index (χ2v) is 3.76. The van der Waals surface area contributed by atoms with Crippen LogP contribution >= 0.6 is 0 Å². The van der Waals surface area contributed by atoms with E-state index in [1.165, 1.54) is 0 Å². The fraction of sp³-hybridized carbons (Fsp3) is 0.417. The summed E-state index contributed by atoms with van der Waals surface area (Å²) in [4.78, 5) is 4.30. The highest BCUT2D eigenvalue weighted by Crippen LogP contribution is 2.13. The minimum Gasteiger partial charge on any atom is -0.261 e. The van der Waals surface area contributed by atoms with E-state index in [0.717, 1.165) is 17.1 Å². The average Bonchev–Trinajstić information content (AvgIpc) is 2.26. The van der Waals surface area contributed by atoms with Crippen LogP contribution in [0.5, 0.6) is 0 Å². The van der Waals surface area contributed by atoms with Crippen molar-refractivity contribution in [3.63, 3.8) is 0 Å². The Morgan fingerprint density at radius 1 is 1.20 bits per heavy atom. The Hall–Kier alpha value is -1.51. The van der Waals surface area contributed by atoms with Crippen LogP contribution in [0.2, 0.25) is 0 Å². The van der Waals surface area contributed by atoms with Gasteiger partial charge in [-0.3, -0.25) is 4.98 Å². The molecule has 1 atom stereocenters. The van der Waals surface area contributed by atoms with Crippen molar-refractivity contribution in [3.05, 3.63) is 30.1 Å². The van der Waals surface area contributed by atoms with E-state index in [9.17, 15) is 0 Å². The lowest BCUT2D eigenvalue weighted by Gasteiger charge is -2.08. The molecule has 0 aliphatic carbocycles. The van der Waals surface area contributed by atoms with Gasteiger partial charge in [0, 0.05) is 29.2 Å². The first kappa shape index (κ1) is 11.6. The second kappa shape index (κ2) is 5.39. The van der Waals surface area contributed by atoms with Crippen LogP contribution in [-0.2, 0) is 0 Å². The maximum absolute atomic E-state index is 4.30. The van der Waals surface area contributed by atoms with Crippen molar-refractivity contribution < 1.29 is 0 Å². The highest BCUT2D eigenvalue weighted by molar-refractivity contribution is 5.89. The van der Waals surface area contributed by atoms with E-state index in [4.69, 9.17) is 0 Å². The minimum atomic E-state index is 0.217. The van der Waals surface area contributed by atoms with Crippen LogP contribution in [-0.4, -0.2) is 16.4 Å². The van der Waals surface area contributed by atoms with Crippen molar-refractivity contribution in [2.75, 3.05) is 0 Å². The summed E-state index contributed by atoms with van der Waals surface area (Å²) in [7, 11) is 0. The zero-order valence-corrected chi connectivity index (χ0v) is 9.73. The van der Waals surface area contributed by atoms with Crippen molar-refractivity contribution in [3.8, 4) is 0 Å². The zero-order valence-electron chi connectivity index (χ0n) is 9.73. The first-order valence-corrected chi connectivity index (χ1v) is 5.07. The van der Waals surface area contributed by atoms with Gasteiger partial charge in [0.05, 0.1) is 0 Å². The Kier molecular flexibility index (Phi) is 4.16. The lowest BCUT2D eigenvalue weighted by molar-refractivity contribution is 0.933. The average molecular weight is 203 g/mol. The van der Waals surface area contributed by atoms with Gasteiger partial charge in [-0.2, -0.15) is 10.2 Å². The molecule has 0 N–H and O–H groups in total. The third-order valence-electron chi connectivity index (χ3n) is 2.17. The maximum Gasteiger partial charge on any atom is 0.0488 e. The van der Waals surface area contributed by atoms with E-state index in [1.807, 2.05) is 39.0 Å². The van der Waals surface area contributed by atoms with E-state index in [-0.39, 0.29) is 5.92 Å². The normalized spacial score (nSPS) is 13.5. The molecular weight excluding hydrogens is 186 g/mol. The number of hydrogen-bond donors (Lipinski definition) is 0. The van der Waals surface area contributed by atoms with Gasteiger partial charge in [0.1, 0.15) is 0 Å². The summed E-state index contributed by atoms with van der Waals surface area (Å²) in [5, 5.41) is 8.21. The van der Waals surface area contributed by atoms with E-state index in [1.54, 1.807) is 6.20 Å². The van der Waals surface area contributed by atoms with E-state index >= 15 is 0 Å². The number of hydrogen-bond acceptors (Lipinski definition) is 3. The summed E-state index contributed by atoms with van der Waals surface area (Å²) in [5.74, 6) is 0.217. The topological polar surface area (TPSA) is 37.6 Å². The predicted molar refractivity (Wildman–Crippen MR) is 64.5 cm³/mol. The van der Waals surface area contributed by atoms with Crippen LogP contribution in [0.25, 0.3) is 0 Å². The smallest absolute Gasteiger partial charge is 0.0488 e. The van der Waals surface area contributed by atoms with Crippen LogP contribution in [0.1, 0.15) is 39.3 Å². The van der Waals surface area contributed by atoms with Gasteiger partial charge in [-0.05, 0) is 32.9 Å². The molecule has 0 aromatic carbocycles. The van der Waals surface area contributed by atoms with Crippen molar-refractivity contribution >= 4 is 11.4 Å². The van der Waals surface area contributed by atoms with Gasteiger partial charge in [-0.1, -0.05) is 13.0 Å². The molecule has 15 heavy (non-hydrogen) atoms. The molecule has 0 aliphatic heterocycles. The summed E-state index contributed by atoms with van der Waals surface area (Å²) < 4.78 is 0. The van der Waals surface area contributed by atoms with Gasteiger partial charge in [0.15, 0.2) is 0 Å². The molecule has 0 saturated carbocycles. The van der Waals surface area contributed by atoms with Crippen LogP contribution in [0.4, 0.5) is 0 Å². The first-order chi connectivity index (χ1) is 7.11. The highest BCUT2D eigenvalue weighted by atomic mass is 15.2. The largest absolute Gasteiger partial charge is 0.261 e. The number of nitrogens with zero attached hydrogens (tertiary/aromatic N) is 3. The molecule has 1 aromatic heterocycles. The number of aromatic nitrogens is 1. The Balaban J connectivity index is 2.82. The van der Waals surface area contributed by atoms with E-state index in [2.05, 4.69) is 22.1 Å². The predicted octanol–water partition coefficient (Wildman–Crippen LogP) is 3.04. The fourth-order valence-electron chi connectivity index (χ4n) is 1.11. The quantitative estimate of drug-likeness (QED) is 0.549. The van der Waals surface area contributed by atoms with Crippen LogP contribution in [0, 0.1) is 0 Å². The Morgan fingerprint density at radius 2 is 1.93 bits per heavy atom. The summed E-state index contributed by atoms with van der Waals surface area (Å²) in [5.41, 5.74) is 2.97. The molecule has 80 valence electrons. The van der Waals surface area contributed by atoms with Crippen LogP contribution in [0.3, 0.4) is 0 Å². The van der Waals surface area contributed by atoms with Crippen molar-refractivity contribution in [2.45, 2.75) is 33.6 Å². The van der Waals surface area contributed by atoms with Gasteiger partial charge >= 0.3 is 0 Å². The Bertz CT molecular complexity index is 362. The molecule has 1 aromatic rings. The molecule has 1 unspecified atom stereocenters. The molecule has 1 heterocycles. The maximum atomic E-state index is 4.30. The molecule has 3 nitrogen and oxygen atoms in total. The van der Waals surface area contributed by atoms with Gasteiger partial charge in [-0.15, -0.1) is 0 Å². The number of rotatable bonds is 3. The van der Waals surface area contributed by atoms with Crippen LogP contribution in [0.15, 0.2) is 34.6 Å². The molecular formula is C12H17N3. The van der Waals surface area contributed by atoms with Crippen LogP contribution < -0.4 is 0 Å². The molecule has 3 heteroatoms. The Labute approximate surface area is 91.0 Å². The summed E-state index contributed by atoms with van der Waals surface area (Å²) >= 11 is 0. The Morgan fingerprint density at radius 3 is 2.47 bits per heavy atom. The third-order valence-corrected chi connectivity index (χ3v) is 2.17. The molecule has 0 amide bonds. The molecule has 0 aliphatic rings. The SMILES string of the molecule is CC(C)=N/N=C(\C)C(C)c1ccccn1. The van der Waals surface area contributed by atoms with E-state index in [0.29, 0.717) is 0 Å². The third kappa shape index (κ3) is 3.62. The second-order valence-electron chi connectivity index (χ2n) is 3.76. The highest BCUT2D eigenvalue weighted by Gasteiger charge is 2.09.